The highest BCUT2D eigenvalue weighted by atomic mass is 16.5. The van der Waals surface area contributed by atoms with Crippen molar-refractivity contribution in [3.63, 3.8) is 0 Å². The van der Waals surface area contributed by atoms with E-state index in [1.165, 1.54) is 0 Å². The molecule has 0 saturated heterocycles. The van der Waals surface area contributed by atoms with Crippen LogP contribution in [-0.4, -0.2) is 27.2 Å². The first-order valence-corrected chi connectivity index (χ1v) is 7.76. The Morgan fingerprint density at radius 3 is 2.46 bits per heavy atom. The van der Waals surface area contributed by atoms with Gasteiger partial charge in [0.25, 0.3) is 5.91 Å². The summed E-state index contributed by atoms with van der Waals surface area (Å²) in [5.74, 6) is 1.20. The lowest BCUT2D eigenvalue weighted by atomic mass is 10.2. The van der Waals surface area contributed by atoms with Gasteiger partial charge in [0.05, 0.1) is 0 Å². The molecule has 0 unspecified atom stereocenters. The third-order valence-electron chi connectivity index (χ3n) is 3.45. The maximum absolute atomic E-state index is 12.4. The van der Waals surface area contributed by atoms with Crippen LogP contribution in [0.4, 0.5) is 5.95 Å². The van der Waals surface area contributed by atoms with E-state index in [1.54, 1.807) is 0 Å². The molecule has 2 aromatic carbocycles. The Balaban J connectivity index is 1.66. The van der Waals surface area contributed by atoms with Gasteiger partial charge in [-0.15, -0.1) is 5.10 Å². The second kappa shape index (κ2) is 7.41. The first-order valence-electron chi connectivity index (χ1n) is 7.76. The van der Waals surface area contributed by atoms with Crippen LogP contribution in [0.1, 0.15) is 13.3 Å². The summed E-state index contributed by atoms with van der Waals surface area (Å²) in [4.78, 5) is 16.7. The van der Waals surface area contributed by atoms with Gasteiger partial charge >= 0.3 is 0 Å². The molecule has 3 aromatic rings. The van der Waals surface area contributed by atoms with E-state index in [-0.39, 0.29) is 11.9 Å². The van der Waals surface area contributed by atoms with Gasteiger partial charge in [-0.1, -0.05) is 55.5 Å². The van der Waals surface area contributed by atoms with Crippen molar-refractivity contribution < 1.29 is 9.53 Å². The summed E-state index contributed by atoms with van der Waals surface area (Å²) in [7, 11) is 0. The molecule has 0 saturated carbocycles. The lowest BCUT2D eigenvalue weighted by Crippen LogP contribution is -2.32. The number of carbonyl (C=O) groups excluding carboxylic acids is 1. The Labute approximate surface area is 139 Å². The number of aromatic nitrogens is 3. The molecule has 3 rings (SSSR count). The van der Waals surface area contributed by atoms with E-state index < -0.39 is 6.10 Å². The molecule has 6 heteroatoms. The van der Waals surface area contributed by atoms with Gasteiger partial charge < -0.3 is 4.74 Å². The van der Waals surface area contributed by atoms with Crippen LogP contribution in [0.2, 0.25) is 0 Å². The van der Waals surface area contributed by atoms with Gasteiger partial charge in [0.2, 0.25) is 5.95 Å². The molecule has 122 valence electrons. The molecule has 1 aromatic heterocycles. The van der Waals surface area contributed by atoms with E-state index in [2.05, 4.69) is 20.5 Å². The predicted molar refractivity (Wildman–Crippen MR) is 91.6 cm³/mol. The summed E-state index contributed by atoms with van der Waals surface area (Å²) in [5.41, 5.74) is 0.901. The number of aromatic amines is 1. The van der Waals surface area contributed by atoms with E-state index in [4.69, 9.17) is 4.74 Å². The van der Waals surface area contributed by atoms with Crippen LogP contribution in [0.15, 0.2) is 60.7 Å². The highest BCUT2D eigenvalue weighted by Crippen LogP contribution is 2.16. The first-order chi connectivity index (χ1) is 11.8. The number of hydrogen-bond donors (Lipinski definition) is 2. The highest BCUT2D eigenvalue weighted by Gasteiger charge is 2.20. The SMILES string of the molecule is CC[C@H](Oc1ccccc1)C(=O)Nc1n[nH]c(-c2ccccc2)n1. The summed E-state index contributed by atoms with van der Waals surface area (Å²) >= 11 is 0. The summed E-state index contributed by atoms with van der Waals surface area (Å²) in [5, 5.41) is 9.54. The molecule has 0 radical (unpaired) electrons. The van der Waals surface area contributed by atoms with Crippen molar-refractivity contribution in [2.24, 2.45) is 0 Å². The summed E-state index contributed by atoms with van der Waals surface area (Å²) < 4.78 is 5.71. The van der Waals surface area contributed by atoms with Crippen LogP contribution in [0.5, 0.6) is 5.75 Å². The molecule has 0 bridgehead atoms. The standard InChI is InChI=1S/C18H18N4O2/c1-2-15(24-14-11-7-4-8-12-14)17(23)20-18-19-16(21-22-18)13-9-5-3-6-10-13/h3-12,15H,2H2,1H3,(H2,19,20,21,22,23)/t15-/m0/s1. The van der Waals surface area contributed by atoms with Gasteiger partial charge in [0.15, 0.2) is 11.9 Å². The fourth-order valence-corrected chi connectivity index (χ4v) is 2.22. The van der Waals surface area contributed by atoms with E-state index >= 15 is 0 Å². The van der Waals surface area contributed by atoms with Crippen molar-refractivity contribution in [2.75, 3.05) is 5.32 Å². The van der Waals surface area contributed by atoms with Crippen molar-refractivity contribution >= 4 is 11.9 Å². The summed E-state index contributed by atoms with van der Waals surface area (Å²) in [6.45, 7) is 1.89. The van der Waals surface area contributed by atoms with Crippen LogP contribution in [0.3, 0.4) is 0 Å². The van der Waals surface area contributed by atoms with Gasteiger partial charge in [-0.25, -0.2) is 0 Å². The minimum absolute atomic E-state index is 0.231. The highest BCUT2D eigenvalue weighted by molar-refractivity contribution is 5.93. The smallest absolute Gasteiger partial charge is 0.267 e. The van der Waals surface area contributed by atoms with Crippen molar-refractivity contribution in [3.05, 3.63) is 60.7 Å². The van der Waals surface area contributed by atoms with E-state index in [1.807, 2.05) is 67.6 Å². The van der Waals surface area contributed by atoms with Crippen molar-refractivity contribution in [1.82, 2.24) is 15.2 Å². The monoisotopic (exact) mass is 322 g/mol. The van der Waals surface area contributed by atoms with Crippen LogP contribution in [0.25, 0.3) is 11.4 Å². The molecule has 1 heterocycles. The van der Waals surface area contributed by atoms with Crippen molar-refractivity contribution in [2.45, 2.75) is 19.4 Å². The molecule has 0 aliphatic heterocycles. The number of rotatable bonds is 6. The number of hydrogen-bond acceptors (Lipinski definition) is 4. The number of amides is 1. The number of ether oxygens (including phenoxy) is 1. The summed E-state index contributed by atoms with van der Waals surface area (Å²) in [6, 6.07) is 18.8. The Kier molecular flexibility index (Phi) is 4.86. The molecular formula is C18H18N4O2. The fourth-order valence-electron chi connectivity index (χ4n) is 2.22. The molecular weight excluding hydrogens is 304 g/mol. The van der Waals surface area contributed by atoms with Crippen LogP contribution >= 0.6 is 0 Å². The quantitative estimate of drug-likeness (QED) is 0.730. The zero-order valence-corrected chi connectivity index (χ0v) is 13.3. The number of H-pyrrole nitrogens is 1. The zero-order chi connectivity index (χ0) is 16.8. The molecule has 1 atom stereocenters. The zero-order valence-electron chi connectivity index (χ0n) is 13.3. The number of anilines is 1. The average molecular weight is 322 g/mol. The molecule has 0 aliphatic rings. The normalized spacial score (nSPS) is 11.7. The van der Waals surface area contributed by atoms with Gasteiger partial charge in [0.1, 0.15) is 5.75 Å². The van der Waals surface area contributed by atoms with Gasteiger partial charge in [-0.2, -0.15) is 4.98 Å². The van der Waals surface area contributed by atoms with Crippen LogP contribution < -0.4 is 10.1 Å². The lowest BCUT2D eigenvalue weighted by Gasteiger charge is -2.15. The third kappa shape index (κ3) is 3.78. The van der Waals surface area contributed by atoms with Crippen molar-refractivity contribution in [1.29, 1.82) is 0 Å². The Bertz CT molecular complexity index is 787. The second-order valence-electron chi connectivity index (χ2n) is 5.19. The Morgan fingerprint density at radius 2 is 1.79 bits per heavy atom. The molecule has 0 spiro atoms. The van der Waals surface area contributed by atoms with Crippen LogP contribution in [0, 0.1) is 0 Å². The average Bonchev–Trinajstić information content (AvgIpc) is 3.09. The molecule has 6 nitrogen and oxygen atoms in total. The fraction of sp³-hybridized carbons (Fsp3) is 0.167. The minimum atomic E-state index is -0.605. The molecule has 2 N–H and O–H groups in total. The van der Waals surface area contributed by atoms with Gasteiger partial charge in [-0.05, 0) is 18.6 Å². The topological polar surface area (TPSA) is 79.9 Å². The number of carbonyl (C=O) groups is 1. The molecule has 0 fully saturated rings. The van der Waals surface area contributed by atoms with E-state index in [0.717, 1.165) is 5.56 Å². The summed E-state index contributed by atoms with van der Waals surface area (Å²) in [6.07, 6.45) is -0.0671. The van der Waals surface area contributed by atoms with Gasteiger partial charge in [0, 0.05) is 5.56 Å². The van der Waals surface area contributed by atoms with E-state index in [0.29, 0.717) is 18.0 Å². The molecule has 1 amide bonds. The maximum atomic E-state index is 12.4. The van der Waals surface area contributed by atoms with Crippen molar-refractivity contribution in [3.8, 4) is 17.1 Å². The third-order valence-corrected chi connectivity index (χ3v) is 3.45. The van der Waals surface area contributed by atoms with Gasteiger partial charge in [-0.3, -0.25) is 15.2 Å². The first kappa shape index (κ1) is 15.7. The number of nitrogens with zero attached hydrogens (tertiary/aromatic N) is 2. The maximum Gasteiger partial charge on any atom is 0.267 e. The Morgan fingerprint density at radius 1 is 1.12 bits per heavy atom. The van der Waals surface area contributed by atoms with E-state index in [9.17, 15) is 4.79 Å². The largest absolute Gasteiger partial charge is 0.481 e. The number of nitrogens with one attached hydrogen (secondary N) is 2. The number of para-hydroxylation sites is 1. The van der Waals surface area contributed by atoms with Crippen LogP contribution in [-0.2, 0) is 4.79 Å². The molecule has 0 aliphatic carbocycles. The second-order valence-corrected chi connectivity index (χ2v) is 5.19. The minimum Gasteiger partial charge on any atom is -0.481 e. The Hall–Kier alpha value is -3.15. The predicted octanol–water partition coefficient (Wildman–Crippen LogP) is 3.27. The lowest BCUT2D eigenvalue weighted by molar-refractivity contribution is -0.122. The number of benzene rings is 2. The molecule has 24 heavy (non-hydrogen) atoms.